The van der Waals surface area contributed by atoms with Crippen LogP contribution in [0.4, 0.5) is 0 Å². The monoisotopic (exact) mass is 464 g/mol. The Bertz CT molecular complexity index is 1130. The van der Waals surface area contributed by atoms with Gasteiger partial charge >= 0.3 is 0 Å². The molecule has 0 spiro atoms. The summed E-state index contributed by atoms with van der Waals surface area (Å²) >= 11 is 5.78. The summed E-state index contributed by atoms with van der Waals surface area (Å²) in [6.07, 6.45) is 0.897. The number of pyridine rings is 1. The highest BCUT2D eigenvalue weighted by molar-refractivity contribution is 7.80. The maximum absolute atomic E-state index is 12.9. The fourth-order valence-corrected chi connectivity index (χ4v) is 4.42. The van der Waals surface area contributed by atoms with Crippen LogP contribution >= 0.6 is 12.2 Å². The highest BCUT2D eigenvalue weighted by Crippen LogP contribution is 2.16. The van der Waals surface area contributed by atoms with Gasteiger partial charge in [0.05, 0.1) is 25.3 Å². The van der Waals surface area contributed by atoms with Crippen LogP contribution in [0.2, 0.25) is 0 Å². The summed E-state index contributed by atoms with van der Waals surface area (Å²) < 4.78 is 5.47. The van der Waals surface area contributed by atoms with Gasteiger partial charge in [-0.2, -0.15) is 0 Å². The molecule has 1 aromatic heterocycles. The molecular formula is C26H32N4O2S. The van der Waals surface area contributed by atoms with E-state index in [1.807, 2.05) is 37.3 Å². The van der Waals surface area contributed by atoms with Gasteiger partial charge in [-0.05, 0) is 48.1 Å². The number of hydrogen-bond acceptors (Lipinski definition) is 4. The van der Waals surface area contributed by atoms with Crippen LogP contribution in [0.3, 0.4) is 0 Å². The van der Waals surface area contributed by atoms with Gasteiger partial charge in [0.25, 0.3) is 5.56 Å². The van der Waals surface area contributed by atoms with Crippen molar-refractivity contribution in [1.82, 2.24) is 20.1 Å². The molecule has 0 radical (unpaired) electrons. The van der Waals surface area contributed by atoms with Crippen molar-refractivity contribution in [3.63, 3.8) is 0 Å². The van der Waals surface area contributed by atoms with Crippen LogP contribution in [0.15, 0.2) is 59.4 Å². The van der Waals surface area contributed by atoms with Crippen LogP contribution in [-0.2, 0) is 17.7 Å². The predicted octanol–water partition coefficient (Wildman–Crippen LogP) is 3.09. The summed E-state index contributed by atoms with van der Waals surface area (Å²) in [6.45, 7) is 8.27. The third kappa shape index (κ3) is 6.41. The third-order valence-electron chi connectivity index (χ3n) is 6.14. The number of nitrogens with zero attached hydrogens (tertiary/aromatic N) is 2. The minimum Gasteiger partial charge on any atom is -0.379 e. The summed E-state index contributed by atoms with van der Waals surface area (Å²) in [7, 11) is 0. The molecule has 0 atom stereocenters. The van der Waals surface area contributed by atoms with Crippen molar-refractivity contribution in [2.24, 2.45) is 0 Å². The first-order valence-electron chi connectivity index (χ1n) is 11.6. The zero-order chi connectivity index (χ0) is 23.0. The van der Waals surface area contributed by atoms with Crippen molar-refractivity contribution in [2.45, 2.75) is 19.9 Å². The zero-order valence-corrected chi connectivity index (χ0v) is 20.0. The number of H-pyrrole nitrogens is 1. The number of para-hydroxylation sites is 1. The van der Waals surface area contributed by atoms with E-state index >= 15 is 0 Å². The normalized spacial score (nSPS) is 14.3. The molecule has 0 unspecified atom stereocenters. The maximum Gasteiger partial charge on any atom is 0.253 e. The van der Waals surface area contributed by atoms with Crippen LogP contribution in [-0.4, -0.2) is 65.8 Å². The van der Waals surface area contributed by atoms with E-state index in [2.05, 4.69) is 44.4 Å². The molecule has 2 N–H and O–H groups in total. The molecule has 1 aliphatic heterocycles. The van der Waals surface area contributed by atoms with E-state index in [4.69, 9.17) is 17.0 Å². The lowest BCUT2D eigenvalue weighted by Crippen LogP contribution is -2.46. The first-order chi connectivity index (χ1) is 16.1. The topological polar surface area (TPSA) is 60.6 Å². The van der Waals surface area contributed by atoms with Gasteiger partial charge in [0.2, 0.25) is 0 Å². The molecule has 174 valence electrons. The molecule has 1 aliphatic rings. The molecule has 1 fully saturated rings. The SMILES string of the molecule is Cc1cccc2cc(CN(CCN3CCOCC3)C(=S)NCCc3ccccc3)c(=O)[nH]c12. The fourth-order valence-electron chi connectivity index (χ4n) is 4.16. The van der Waals surface area contributed by atoms with E-state index in [-0.39, 0.29) is 5.56 Å². The summed E-state index contributed by atoms with van der Waals surface area (Å²) in [5.41, 5.74) is 3.91. The van der Waals surface area contributed by atoms with Gasteiger partial charge in [-0.15, -0.1) is 0 Å². The van der Waals surface area contributed by atoms with Gasteiger partial charge in [0, 0.05) is 38.3 Å². The average molecular weight is 465 g/mol. The number of nitrogens with one attached hydrogen (secondary N) is 2. The Morgan fingerprint density at radius 1 is 1.15 bits per heavy atom. The van der Waals surface area contributed by atoms with E-state index in [9.17, 15) is 4.79 Å². The molecule has 7 heteroatoms. The molecule has 33 heavy (non-hydrogen) atoms. The number of rotatable bonds is 8. The number of aromatic nitrogens is 1. The summed E-state index contributed by atoms with van der Waals surface area (Å²) in [5.74, 6) is 0. The van der Waals surface area contributed by atoms with Crippen LogP contribution in [0.5, 0.6) is 0 Å². The minimum absolute atomic E-state index is 0.0553. The molecule has 2 aromatic carbocycles. The summed E-state index contributed by atoms with van der Waals surface area (Å²) in [5, 5.41) is 5.13. The van der Waals surface area contributed by atoms with Gasteiger partial charge in [-0.25, -0.2) is 0 Å². The maximum atomic E-state index is 12.9. The molecular weight excluding hydrogens is 432 g/mol. The molecule has 6 nitrogen and oxygen atoms in total. The Labute approximate surface area is 200 Å². The standard InChI is InChI=1S/C26H32N4O2S/c1-20-6-5-9-22-18-23(25(31)28-24(20)22)19-30(13-12-29-14-16-32-17-15-29)26(33)27-11-10-21-7-3-2-4-8-21/h2-9,18H,10-17,19H2,1H3,(H,27,33)(H,28,31). The van der Waals surface area contributed by atoms with Crippen molar-refractivity contribution in [2.75, 3.05) is 45.9 Å². The van der Waals surface area contributed by atoms with Crippen molar-refractivity contribution >= 4 is 28.2 Å². The fraction of sp³-hybridized carbons (Fsp3) is 0.385. The second-order valence-electron chi connectivity index (χ2n) is 8.51. The van der Waals surface area contributed by atoms with Crippen molar-refractivity contribution in [3.8, 4) is 0 Å². The Morgan fingerprint density at radius 3 is 2.73 bits per heavy atom. The van der Waals surface area contributed by atoms with Crippen molar-refractivity contribution in [1.29, 1.82) is 0 Å². The largest absolute Gasteiger partial charge is 0.379 e. The van der Waals surface area contributed by atoms with Gasteiger partial charge in [0.15, 0.2) is 5.11 Å². The predicted molar refractivity (Wildman–Crippen MR) is 138 cm³/mol. The van der Waals surface area contributed by atoms with Crippen LogP contribution in [0.1, 0.15) is 16.7 Å². The van der Waals surface area contributed by atoms with Gasteiger partial charge in [-0.1, -0.05) is 48.5 Å². The van der Waals surface area contributed by atoms with Gasteiger partial charge < -0.3 is 19.9 Å². The summed E-state index contributed by atoms with van der Waals surface area (Å²) in [4.78, 5) is 20.4. The highest BCUT2D eigenvalue weighted by Gasteiger charge is 2.17. The first-order valence-corrected chi connectivity index (χ1v) is 12.0. The molecule has 1 saturated heterocycles. The van der Waals surface area contributed by atoms with E-state index < -0.39 is 0 Å². The number of benzene rings is 2. The lowest BCUT2D eigenvalue weighted by molar-refractivity contribution is 0.0357. The Morgan fingerprint density at radius 2 is 1.94 bits per heavy atom. The number of fused-ring (bicyclic) bond motifs is 1. The Hall–Kier alpha value is -2.74. The molecule has 3 aromatic rings. The van der Waals surface area contributed by atoms with Crippen LogP contribution in [0, 0.1) is 6.92 Å². The number of thiocarbonyl (C=S) groups is 1. The Kier molecular flexibility index (Phi) is 8.10. The number of morpholine rings is 1. The lowest BCUT2D eigenvalue weighted by atomic mass is 10.1. The van der Waals surface area contributed by atoms with Crippen LogP contribution in [0.25, 0.3) is 10.9 Å². The lowest BCUT2D eigenvalue weighted by Gasteiger charge is -2.31. The number of ether oxygens (including phenoxy) is 1. The summed E-state index contributed by atoms with van der Waals surface area (Å²) in [6, 6.07) is 18.4. The second-order valence-corrected chi connectivity index (χ2v) is 8.89. The van der Waals surface area contributed by atoms with Crippen molar-refractivity contribution < 1.29 is 4.74 Å². The highest BCUT2D eigenvalue weighted by atomic mass is 32.1. The second kappa shape index (κ2) is 11.4. The van der Waals surface area contributed by atoms with Gasteiger partial charge in [-0.3, -0.25) is 9.69 Å². The molecule has 0 saturated carbocycles. The molecule has 4 rings (SSSR count). The zero-order valence-electron chi connectivity index (χ0n) is 19.2. The first kappa shape index (κ1) is 23.4. The van der Waals surface area contributed by atoms with E-state index in [0.29, 0.717) is 11.7 Å². The molecule has 0 amide bonds. The van der Waals surface area contributed by atoms with E-state index in [1.54, 1.807) is 0 Å². The number of hydrogen-bond donors (Lipinski definition) is 2. The number of aromatic amines is 1. The van der Waals surface area contributed by atoms with E-state index in [0.717, 1.165) is 74.4 Å². The average Bonchev–Trinajstić information content (AvgIpc) is 2.84. The smallest absolute Gasteiger partial charge is 0.253 e. The molecule has 0 bridgehead atoms. The molecule has 0 aliphatic carbocycles. The Balaban J connectivity index is 1.46. The number of aryl methyl sites for hydroxylation is 1. The quantitative estimate of drug-likeness (QED) is 0.500. The molecule has 2 heterocycles. The third-order valence-corrected chi connectivity index (χ3v) is 6.54. The minimum atomic E-state index is -0.0553. The van der Waals surface area contributed by atoms with E-state index in [1.165, 1.54) is 5.56 Å². The van der Waals surface area contributed by atoms with Crippen molar-refractivity contribution in [3.05, 3.63) is 81.6 Å². The van der Waals surface area contributed by atoms with Crippen LogP contribution < -0.4 is 10.9 Å². The van der Waals surface area contributed by atoms with Gasteiger partial charge in [0.1, 0.15) is 0 Å².